The normalized spacial score (nSPS) is 10.3. The van der Waals surface area contributed by atoms with Gasteiger partial charge in [0, 0.05) is 33.5 Å². The molecule has 146 valence electrons. The molecule has 29 heavy (non-hydrogen) atoms. The number of nitro groups is 1. The van der Waals surface area contributed by atoms with Crippen LogP contribution >= 0.6 is 15.9 Å². The van der Waals surface area contributed by atoms with Crippen molar-refractivity contribution in [2.45, 2.75) is 6.92 Å². The predicted molar refractivity (Wildman–Crippen MR) is 114 cm³/mol. The molecule has 0 saturated carbocycles. The van der Waals surface area contributed by atoms with Gasteiger partial charge in [-0.1, -0.05) is 18.2 Å². The minimum absolute atomic E-state index is 0.151. The number of hydrogen-bond donors (Lipinski definition) is 2. The van der Waals surface area contributed by atoms with Gasteiger partial charge in [-0.05, 0) is 64.8 Å². The lowest BCUT2D eigenvalue weighted by molar-refractivity contribution is -0.384. The van der Waals surface area contributed by atoms with Gasteiger partial charge in [0.1, 0.15) is 0 Å². The summed E-state index contributed by atoms with van der Waals surface area (Å²) >= 11 is 3.24. The molecule has 0 aliphatic rings. The van der Waals surface area contributed by atoms with E-state index >= 15 is 0 Å². The van der Waals surface area contributed by atoms with Crippen molar-refractivity contribution in [3.63, 3.8) is 0 Å². The Labute approximate surface area is 175 Å². The van der Waals surface area contributed by atoms with E-state index in [1.165, 1.54) is 18.2 Å². The molecule has 0 spiro atoms. The zero-order valence-electron chi connectivity index (χ0n) is 15.3. The molecule has 3 rings (SSSR count). The molecule has 2 amide bonds. The Balaban J connectivity index is 1.75. The number of amides is 2. The zero-order valence-corrected chi connectivity index (χ0v) is 16.9. The lowest BCUT2D eigenvalue weighted by Gasteiger charge is -2.12. The minimum Gasteiger partial charge on any atom is -0.322 e. The number of nitro benzene ring substituents is 1. The van der Waals surface area contributed by atoms with E-state index in [0.717, 1.165) is 5.56 Å². The van der Waals surface area contributed by atoms with Crippen LogP contribution in [0.5, 0.6) is 0 Å². The molecular weight excluding hydrogens is 438 g/mol. The summed E-state index contributed by atoms with van der Waals surface area (Å²) < 4.78 is 0.448. The summed E-state index contributed by atoms with van der Waals surface area (Å²) in [6.07, 6.45) is 0. The van der Waals surface area contributed by atoms with Gasteiger partial charge in [0.15, 0.2) is 0 Å². The van der Waals surface area contributed by atoms with Crippen molar-refractivity contribution in [3.05, 3.63) is 98.0 Å². The maximum Gasteiger partial charge on any atom is 0.270 e. The van der Waals surface area contributed by atoms with Gasteiger partial charge in [0.05, 0.1) is 10.5 Å². The van der Waals surface area contributed by atoms with Gasteiger partial charge < -0.3 is 10.6 Å². The average Bonchev–Trinajstić information content (AvgIpc) is 2.70. The first-order valence-corrected chi connectivity index (χ1v) is 9.37. The second-order valence-corrected chi connectivity index (χ2v) is 7.08. The van der Waals surface area contributed by atoms with Crippen molar-refractivity contribution >= 4 is 44.8 Å². The van der Waals surface area contributed by atoms with Crippen LogP contribution in [0.1, 0.15) is 26.3 Å². The van der Waals surface area contributed by atoms with Crippen LogP contribution in [0, 0.1) is 17.0 Å². The molecule has 0 radical (unpaired) electrons. The summed E-state index contributed by atoms with van der Waals surface area (Å²) in [7, 11) is 0. The first-order chi connectivity index (χ1) is 13.8. The Kier molecular flexibility index (Phi) is 6.04. The van der Waals surface area contributed by atoms with Gasteiger partial charge in [0.2, 0.25) is 0 Å². The van der Waals surface area contributed by atoms with E-state index in [9.17, 15) is 19.7 Å². The highest BCUT2D eigenvalue weighted by Gasteiger charge is 2.16. The van der Waals surface area contributed by atoms with Crippen LogP contribution < -0.4 is 10.6 Å². The lowest BCUT2D eigenvalue weighted by atomic mass is 10.1. The molecule has 0 fully saturated rings. The number of halogens is 1. The molecule has 0 bridgehead atoms. The van der Waals surface area contributed by atoms with Gasteiger partial charge in [0.25, 0.3) is 17.5 Å². The molecule has 2 N–H and O–H groups in total. The Morgan fingerprint density at radius 2 is 1.66 bits per heavy atom. The number of rotatable bonds is 5. The third kappa shape index (κ3) is 4.85. The Hall–Kier alpha value is -3.52. The van der Waals surface area contributed by atoms with E-state index in [-0.39, 0.29) is 17.2 Å². The highest BCUT2D eigenvalue weighted by molar-refractivity contribution is 9.10. The van der Waals surface area contributed by atoms with E-state index in [4.69, 9.17) is 0 Å². The molecule has 0 atom stereocenters. The van der Waals surface area contributed by atoms with E-state index in [0.29, 0.717) is 21.4 Å². The highest BCUT2D eigenvalue weighted by Crippen LogP contribution is 2.25. The molecule has 8 heteroatoms. The van der Waals surface area contributed by atoms with Crippen molar-refractivity contribution in [3.8, 4) is 0 Å². The Morgan fingerprint density at radius 1 is 0.931 bits per heavy atom. The lowest BCUT2D eigenvalue weighted by Crippen LogP contribution is -2.14. The van der Waals surface area contributed by atoms with Gasteiger partial charge in [-0.2, -0.15) is 0 Å². The number of nitrogens with one attached hydrogen (secondary N) is 2. The third-order valence-electron chi connectivity index (χ3n) is 4.17. The fraction of sp³-hybridized carbons (Fsp3) is 0.0476. The molecule has 0 aliphatic carbocycles. The fourth-order valence-corrected chi connectivity index (χ4v) is 3.09. The molecule has 0 aromatic heterocycles. The van der Waals surface area contributed by atoms with Crippen LogP contribution in [0.3, 0.4) is 0 Å². The smallest absolute Gasteiger partial charge is 0.270 e. The number of carbonyl (C=O) groups excluding carboxylic acids is 2. The quantitative estimate of drug-likeness (QED) is 0.410. The number of benzene rings is 3. The van der Waals surface area contributed by atoms with E-state index < -0.39 is 10.8 Å². The number of carbonyl (C=O) groups is 2. The summed E-state index contributed by atoms with van der Waals surface area (Å²) in [5, 5.41) is 16.5. The van der Waals surface area contributed by atoms with Crippen molar-refractivity contribution in [2.24, 2.45) is 0 Å². The van der Waals surface area contributed by atoms with Gasteiger partial charge in [-0.3, -0.25) is 19.7 Å². The second-order valence-electron chi connectivity index (χ2n) is 6.23. The van der Waals surface area contributed by atoms with Crippen molar-refractivity contribution in [1.82, 2.24) is 0 Å². The first-order valence-electron chi connectivity index (χ1n) is 8.57. The van der Waals surface area contributed by atoms with Gasteiger partial charge >= 0.3 is 0 Å². The third-order valence-corrected chi connectivity index (χ3v) is 4.87. The summed E-state index contributed by atoms with van der Waals surface area (Å²) in [6.45, 7) is 1.81. The zero-order chi connectivity index (χ0) is 21.0. The molecule has 0 unspecified atom stereocenters. The Bertz CT molecular complexity index is 1100. The topological polar surface area (TPSA) is 101 Å². The largest absolute Gasteiger partial charge is 0.322 e. The standard InChI is InChI=1S/C21H16BrN3O4/c1-13-11-15(7-10-19(13)24-20(26)14-5-3-2-4-6-14)23-21(27)17-12-16(25(28)29)8-9-18(17)22/h2-12H,1H3,(H,23,27)(H,24,26). The van der Waals surface area contributed by atoms with E-state index in [2.05, 4.69) is 26.6 Å². The van der Waals surface area contributed by atoms with E-state index in [1.807, 2.05) is 6.07 Å². The fourth-order valence-electron chi connectivity index (χ4n) is 2.66. The summed E-state index contributed by atoms with van der Waals surface area (Å²) in [6, 6.07) is 17.9. The number of non-ortho nitro benzene ring substituents is 1. The predicted octanol–water partition coefficient (Wildman–Crippen LogP) is 5.17. The number of aryl methyl sites for hydroxylation is 1. The maximum absolute atomic E-state index is 12.5. The van der Waals surface area contributed by atoms with Crippen LogP contribution in [0.4, 0.5) is 17.1 Å². The Morgan fingerprint density at radius 3 is 2.31 bits per heavy atom. The van der Waals surface area contributed by atoms with Gasteiger partial charge in [-0.25, -0.2) is 0 Å². The van der Waals surface area contributed by atoms with Crippen LogP contribution in [-0.4, -0.2) is 16.7 Å². The van der Waals surface area contributed by atoms with Crippen LogP contribution in [-0.2, 0) is 0 Å². The van der Waals surface area contributed by atoms with Crippen molar-refractivity contribution < 1.29 is 14.5 Å². The second kappa shape index (κ2) is 8.66. The number of anilines is 2. The van der Waals surface area contributed by atoms with Crippen molar-refractivity contribution in [2.75, 3.05) is 10.6 Å². The molecular formula is C21H16BrN3O4. The van der Waals surface area contributed by atoms with Crippen molar-refractivity contribution in [1.29, 1.82) is 0 Å². The van der Waals surface area contributed by atoms with E-state index in [1.54, 1.807) is 49.4 Å². The average molecular weight is 454 g/mol. The van der Waals surface area contributed by atoms with Crippen LogP contribution in [0.25, 0.3) is 0 Å². The molecule has 3 aromatic rings. The molecule has 0 saturated heterocycles. The summed E-state index contributed by atoms with van der Waals surface area (Å²) in [5.74, 6) is -0.716. The van der Waals surface area contributed by atoms with Crippen LogP contribution in [0.15, 0.2) is 71.2 Å². The first kappa shape index (κ1) is 20.2. The van der Waals surface area contributed by atoms with Crippen LogP contribution in [0.2, 0.25) is 0 Å². The molecule has 0 aliphatic heterocycles. The molecule has 3 aromatic carbocycles. The monoisotopic (exact) mass is 453 g/mol. The highest BCUT2D eigenvalue weighted by atomic mass is 79.9. The number of nitrogens with zero attached hydrogens (tertiary/aromatic N) is 1. The minimum atomic E-state index is -0.558. The molecule has 0 heterocycles. The maximum atomic E-state index is 12.5. The summed E-state index contributed by atoms with van der Waals surface area (Å²) in [5.41, 5.74) is 2.40. The SMILES string of the molecule is Cc1cc(NC(=O)c2cc([N+](=O)[O-])ccc2Br)ccc1NC(=O)c1ccccc1. The van der Waals surface area contributed by atoms with Gasteiger partial charge in [-0.15, -0.1) is 0 Å². The molecule has 7 nitrogen and oxygen atoms in total. The summed E-state index contributed by atoms with van der Waals surface area (Å²) in [4.78, 5) is 35.2. The number of hydrogen-bond acceptors (Lipinski definition) is 4.